The van der Waals surface area contributed by atoms with Crippen molar-refractivity contribution in [1.82, 2.24) is 15.3 Å². The molecule has 1 amide bonds. The Bertz CT molecular complexity index is 1290. The first kappa shape index (κ1) is 22.8. The van der Waals surface area contributed by atoms with Crippen LogP contribution in [0.4, 0.5) is 17.6 Å². The number of H-pyrrole nitrogens is 1. The highest BCUT2D eigenvalue weighted by atomic mass is 19.3. The number of nitrogens with zero attached hydrogens (tertiary/aromatic N) is 1. The van der Waals surface area contributed by atoms with E-state index in [1.165, 1.54) is 38.6 Å². The minimum absolute atomic E-state index is 0.0288. The predicted octanol–water partition coefficient (Wildman–Crippen LogP) is 4.26. The maximum atomic E-state index is 14.5. The number of ether oxygens (including phenoxy) is 1. The lowest BCUT2D eigenvalue weighted by molar-refractivity contribution is -0.0466. The van der Waals surface area contributed by atoms with Crippen LogP contribution in [0.15, 0.2) is 35.3 Å². The Kier molecular flexibility index (Phi) is 5.85. The van der Waals surface area contributed by atoms with E-state index in [1.54, 1.807) is 0 Å². The molecule has 0 saturated heterocycles. The number of hydrogen-bond donors (Lipinski definition) is 2. The molecule has 0 aliphatic heterocycles. The van der Waals surface area contributed by atoms with Crippen LogP contribution in [0, 0.1) is 11.6 Å². The van der Waals surface area contributed by atoms with Gasteiger partial charge in [0.05, 0.1) is 18.0 Å². The largest absolute Gasteiger partial charge is 0.493 e. The smallest absolute Gasteiger partial charge is 0.270 e. The Morgan fingerprint density at radius 1 is 1.24 bits per heavy atom. The van der Waals surface area contributed by atoms with Crippen LogP contribution in [0.5, 0.6) is 5.75 Å². The molecule has 1 fully saturated rings. The predicted molar refractivity (Wildman–Crippen MR) is 113 cm³/mol. The average molecular weight is 463 g/mol. The van der Waals surface area contributed by atoms with Crippen LogP contribution >= 0.6 is 0 Å². The summed E-state index contributed by atoms with van der Waals surface area (Å²) < 4.78 is 62.1. The summed E-state index contributed by atoms with van der Waals surface area (Å²) in [6.07, 6.45) is 0.254. The Balaban J connectivity index is 1.88. The van der Waals surface area contributed by atoms with E-state index in [0.29, 0.717) is 0 Å². The number of nitrogens with one attached hydrogen (secondary N) is 2. The molecule has 2 aromatic heterocycles. The van der Waals surface area contributed by atoms with E-state index < -0.39 is 53.6 Å². The van der Waals surface area contributed by atoms with E-state index >= 15 is 0 Å². The van der Waals surface area contributed by atoms with E-state index in [-0.39, 0.29) is 40.0 Å². The highest BCUT2D eigenvalue weighted by molar-refractivity contribution is 6.04. The van der Waals surface area contributed by atoms with Gasteiger partial charge in [0, 0.05) is 49.3 Å². The third-order valence-corrected chi connectivity index (χ3v) is 6.11. The second kappa shape index (κ2) is 8.49. The second-order valence-electron chi connectivity index (χ2n) is 8.05. The highest BCUT2D eigenvalue weighted by Gasteiger charge is 2.44. The summed E-state index contributed by atoms with van der Waals surface area (Å²) in [5, 5.41) is 2.44. The van der Waals surface area contributed by atoms with Crippen molar-refractivity contribution < 1.29 is 27.1 Å². The number of rotatable bonds is 4. The van der Waals surface area contributed by atoms with Gasteiger partial charge < -0.3 is 15.0 Å². The summed E-state index contributed by atoms with van der Waals surface area (Å²) in [6.45, 7) is 0. The molecule has 174 valence electrons. The number of benzene rings is 1. The zero-order chi connectivity index (χ0) is 23.9. The van der Waals surface area contributed by atoms with Crippen LogP contribution in [0.25, 0.3) is 10.9 Å². The van der Waals surface area contributed by atoms with Crippen LogP contribution in [0.3, 0.4) is 0 Å². The normalized spacial score (nSPS) is 19.9. The summed E-state index contributed by atoms with van der Waals surface area (Å²) in [4.78, 5) is 32.0. The van der Waals surface area contributed by atoms with Crippen LogP contribution in [0.2, 0.25) is 0 Å². The van der Waals surface area contributed by atoms with Crippen LogP contribution < -0.4 is 15.5 Å². The van der Waals surface area contributed by atoms with Crippen LogP contribution in [0.1, 0.15) is 52.8 Å². The molecule has 0 radical (unpaired) electrons. The van der Waals surface area contributed by atoms with Gasteiger partial charge in [-0.15, -0.1) is 0 Å². The molecule has 0 bridgehead atoms. The number of halogens is 4. The summed E-state index contributed by atoms with van der Waals surface area (Å²) in [7, 11) is 2.58. The summed E-state index contributed by atoms with van der Waals surface area (Å²) in [6, 6.07) is 4.90. The van der Waals surface area contributed by atoms with Crippen molar-refractivity contribution in [1.29, 1.82) is 0 Å². The van der Waals surface area contributed by atoms with Gasteiger partial charge in [0.2, 0.25) is 11.7 Å². The van der Waals surface area contributed by atoms with Gasteiger partial charge in [-0.25, -0.2) is 13.2 Å². The number of pyridine rings is 2. The molecule has 1 unspecified atom stereocenters. The topological polar surface area (TPSA) is 84.1 Å². The molecule has 2 atom stereocenters. The molecule has 0 spiro atoms. The molecule has 2 heterocycles. The van der Waals surface area contributed by atoms with Crippen molar-refractivity contribution in [3.8, 4) is 5.75 Å². The van der Waals surface area contributed by atoms with Gasteiger partial charge in [-0.2, -0.15) is 4.39 Å². The van der Waals surface area contributed by atoms with Gasteiger partial charge in [-0.3, -0.25) is 14.6 Å². The Morgan fingerprint density at radius 3 is 2.70 bits per heavy atom. The zero-order valence-electron chi connectivity index (χ0n) is 17.8. The Hall–Kier alpha value is -3.43. The van der Waals surface area contributed by atoms with Crippen LogP contribution in [-0.4, -0.2) is 36.0 Å². The number of amides is 1. The standard InChI is InChI=1S/C23H21F4N3O3/c1-28-22(32)20-18-15(6-8-29-20)30-16(9-17(18)31)13-10-23(26,27)7-5-11(13)12-3-4-14(24)19(25)21(12)33-2/h3-4,6,8-9,11,13H,5,7,10H2,1-2H3,(H,28,32)(H,30,31)/t11?,13-/m1/s1. The molecule has 1 saturated carbocycles. The lowest BCUT2D eigenvalue weighted by Gasteiger charge is -2.37. The second-order valence-corrected chi connectivity index (χ2v) is 8.05. The van der Waals surface area contributed by atoms with Crippen molar-refractivity contribution in [2.45, 2.75) is 37.0 Å². The lowest BCUT2D eigenvalue weighted by atomic mass is 9.72. The van der Waals surface area contributed by atoms with Gasteiger partial charge in [0.25, 0.3) is 5.91 Å². The molecule has 33 heavy (non-hydrogen) atoms. The van der Waals surface area contributed by atoms with Gasteiger partial charge in [-0.05, 0) is 24.5 Å². The van der Waals surface area contributed by atoms with Gasteiger partial charge in [-0.1, -0.05) is 6.07 Å². The quantitative estimate of drug-likeness (QED) is 0.567. The maximum absolute atomic E-state index is 14.5. The Morgan fingerprint density at radius 2 is 2.00 bits per heavy atom. The number of aromatic nitrogens is 2. The first-order valence-corrected chi connectivity index (χ1v) is 10.3. The fourth-order valence-electron chi connectivity index (χ4n) is 4.59. The number of alkyl halides is 2. The van der Waals surface area contributed by atoms with Crippen molar-refractivity contribution in [3.63, 3.8) is 0 Å². The number of methoxy groups -OCH3 is 1. The number of aromatic amines is 1. The van der Waals surface area contributed by atoms with Gasteiger partial charge in [0.1, 0.15) is 5.69 Å². The molecule has 3 aromatic rings. The van der Waals surface area contributed by atoms with Crippen molar-refractivity contribution >= 4 is 16.8 Å². The van der Waals surface area contributed by atoms with E-state index in [0.717, 1.165) is 6.07 Å². The molecule has 2 N–H and O–H groups in total. The Labute approximate surface area is 186 Å². The van der Waals surface area contributed by atoms with E-state index in [1.807, 2.05) is 0 Å². The molecular formula is C23H21F4N3O3. The summed E-state index contributed by atoms with van der Waals surface area (Å²) in [5.41, 5.74) is 0.0678. The monoisotopic (exact) mass is 463 g/mol. The molecule has 10 heteroatoms. The van der Waals surface area contributed by atoms with E-state index in [4.69, 9.17) is 4.74 Å². The van der Waals surface area contributed by atoms with Crippen molar-refractivity contribution in [2.75, 3.05) is 14.2 Å². The molecular weight excluding hydrogens is 442 g/mol. The third-order valence-electron chi connectivity index (χ3n) is 6.11. The fourth-order valence-corrected chi connectivity index (χ4v) is 4.59. The van der Waals surface area contributed by atoms with Gasteiger partial charge in [0.15, 0.2) is 17.0 Å². The third kappa shape index (κ3) is 4.05. The molecule has 1 aromatic carbocycles. The molecule has 1 aliphatic rings. The van der Waals surface area contributed by atoms with E-state index in [2.05, 4.69) is 15.3 Å². The number of fused-ring (bicyclic) bond motifs is 1. The minimum atomic E-state index is -3.01. The lowest BCUT2D eigenvalue weighted by Crippen LogP contribution is -2.31. The van der Waals surface area contributed by atoms with Gasteiger partial charge >= 0.3 is 0 Å². The van der Waals surface area contributed by atoms with Crippen LogP contribution in [-0.2, 0) is 0 Å². The molecule has 1 aliphatic carbocycles. The summed E-state index contributed by atoms with van der Waals surface area (Å²) >= 11 is 0. The maximum Gasteiger partial charge on any atom is 0.270 e. The zero-order valence-corrected chi connectivity index (χ0v) is 17.8. The first-order chi connectivity index (χ1) is 15.7. The van der Waals surface area contributed by atoms with Crippen molar-refractivity contribution in [3.05, 3.63) is 69.3 Å². The number of carbonyl (C=O) groups is 1. The first-order valence-electron chi connectivity index (χ1n) is 10.3. The minimum Gasteiger partial charge on any atom is -0.493 e. The average Bonchev–Trinajstić information content (AvgIpc) is 2.79. The molecule has 6 nitrogen and oxygen atoms in total. The SMILES string of the molecule is CNC(=O)c1nccc2[nH]c([C@@H]3CC(F)(F)CCC3c3ccc(F)c(F)c3OC)cc(=O)c12. The molecule has 4 rings (SSSR count). The van der Waals surface area contributed by atoms with Crippen molar-refractivity contribution in [2.24, 2.45) is 0 Å². The fraction of sp³-hybridized carbons (Fsp3) is 0.348. The summed E-state index contributed by atoms with van der Waals surface area (Å²) in [5.74, 6) is -7.80. The highest BCUT2D eigenvalue weighted by Crippen LogP contribution is 2.51. The number of hydrogen-bond acceptors (Lipinski definition) is 4. The number of carbonyl (C=O) groups excluding carboxylic acids is 1. The van der Waals surface area contributed by atoms with E-state index in [9.17, 15) is 27.2 Å².